The van der Waals surface area contributed by atoms with Gasteiger partial charge in [-0.2, -0.15) is 5.10 Å². The number of imidazole rings is 1. The number of aromatic nitrogens is 3. The van der Waals surface area contributed by atoms with Gasteiger partial charge in [0.25, 0.3) is 0 Å². The van der Waals surface area contributed by atoms with E-state index in [9.17, 15) is 9.59 Å². The van der Waals surface area contributed by atoms with Crippen LogP contribution in [0.2, 0.25) is 0 Å². The molecule has 0 atom stereocenters. The number of ether oxygens (including phenoxy) is 2. The van der Waals surface area contributed by atoms with E-state index in [1.165, 1.54) is 16.2 Å². The number of rotatable bonds is 4. The summed E-state index contributed by atoms with van der Waals surface area (Å²) in [5, 5.41) is 5.18. The molecule has 3 heterocycles. The average Bonchev–Trinajstić information content (AvgIpc) is 3.13. The first-order chi connectivity index (χ1) is 12.0. The van der Waals surface area contributed by atoms with Crippen LogP contribution in [0.25, 0.3) is 10.5 Å². The Morgan fingerprint density at radius 1 is 1.40 bits per heavy atom. The molecular formula is C16H18N4O4S. The first-order valence-electron chi connectivity index (χ1n) is 7.87. The lowest BCUT2D eigenvalue weighted by Crippen LogP contribution is -2.30. The van der Waals surface area contributed by atoms with E-state index in [2.05, 4.69) is 10.1 Å². The number of hydrogen-bond donors (Lipinski definition) is 0. The normalized spacial score (nSPS) is 14.1. The van der Waals surface area contributed by atoms with Crippen molar-refractivity contribution >= 4 is 33.9 Å². The van der Waals surface area contributed by atoms with Gasteiger partial charge < -0.3 is 9.47 Å². The van der Waals surface area contributed by atoms with Crippen molar-refractivity contribution in [3.63, 3.8) is 0 Å². The van der Waals surface area contributed by atoms with Crippen LogP contribution in [0, 0.1) is 0 Å². The molecule has 3 rings (SSSR count). The minimum Gasteiger partial charge on any atom is -0.461 e. The van der Waals surface area contributed by atoms with Crippen LogP contribution in [0.5, 0.6) is 0 Å². The van der Waals surface area contributed by atoms with Crippen LogP contribution in [-0.2, 0) is 9.47 Å². The van der Waals surface area contributed by atoms with Crippen LogP contribution >= 0.6 is 11.3 Å². The Bertz CT molecular complexity index is 833. The molecule has 2 aromatic rings. The molecule has 0 saturated carbocycles. The highest BCUT2D eigenvalue weighted by Crippen LogP contribution is 2.25. The Morgan fingerprint density at radius 2 is 2.20 bits per heavy atom. The second-order valence-corrected chi connectivity index (χ2v) is 6.50. The van der Waals surface area contributed by atoms with Crippen LogP contribution in [0.4, 0.5) is 4.79 Å². The van der Waals surface area contributed by atoms with E-state index in [1.807, 2.05) is 19.9 Å². The third kappa shape index (κ3) is 3.71. The van der Waals surface area contributed by atoms with Crippen LogP contribution in [0.3, 0.4) is 0 Å². The highest BCUT2D eigenvalue weighted by molar-refractivity contribution is 7.17. The molecule has 2 aromatic heterocycles. The van der Waals surface area contributed by atoms with Crippen molar-refractivity contribution < 1.29 is 19.1 Å². The van der Waals surface area contributed by atoms with E-state index in [1.54, 1.807) is 29.9 Å². The second kappa shape index (κ2) is 7.06. The molecule has 0 N–H and O–H groups in total. The Labute approximate surface area is 148 Å². The fraction of sp³-hybridized carbons (Fsp3) is 0.375. The third-order valence-corrected chi connectivity index (χ3v) is 4.26. The molecule has 1 amide bonds. The van der Waals surface area contributed by atoms with Gasteiger partial charge in [0, 0.05) is 18.3 Å². The SMILES string of the molecule is CCOC(=O)c1cn2nc(C3=CCN(C(=O)OC(C)C)C=C3)sc2n1. The van der Waals surface area contributed by atoms with Gasteiger partial charge in [-0.3, -0.25) is 4.90 Å². The van der Waals surface area contributed by atoms with E-state index in [0.717, 1.165) is 10.6 Å². The minimum absolute atomic E-state index is 0.161. The van der Waals surface area contributed by atoms with Crippen molar-refractivity contribution in [1.29, 1.82) is 0 Å². The van der Waals surface area contributed by atoms with Gasteiger partial charge in [-0.25, -0.2) is 19.1 Å². The largest absolute Gasteiger partial charge is 0.461 e. The molecule has 0 radical (unpaired) electrons. The monoisotopic (exact) mass is 362 g/mol. The summed E-state index contributed by atoms with van der Waals surface area (Å²) >= 11 is 1.36. The first-order valence-corrected chi connectivity index (χ1v) is 8.69. The summed E-state index contributed by atoms with van der Waals surface area (Å²) in [6, 6.07) is 0. The Kier molecular flexibility index (Phi) is 4.84. The van der Waals surface area contributed by atoms with Crippen molar-refractivity contribution in [3.05, 3.63) is 35.3 Å². The summed E-state index contributed by atoms with van der Waals surface area (Å²) in [4.78, 5) is 29.9. The maximum atomic E-state index is 11.9. The van der Waals surface area contributed by atoms with Crippen molar-refractivity contribution in [2.75, 3.05) is 13.2 Å². The second-order valence-electron chi connectivity index (χ2n) is 5.54. The number of carbonyl (C=O) groups is 2. The molecule has 0 aliphatic carbocycles. The van der Waals surface area contributed by atoms with Crippen LogP contribution in [-0.4, -0.2) is 50.8 Å². The lowest BCUT2D eigenvalue weighted by molar-refractivity contribution is 0.0520. The van der Waals surface area contributed by atoms with Crippen LogP contribution in [0.15, 0.2) is 24.5 Å². The van der Waals surface area contributed by atoms with Crippen molar-refractivity contribution in [3.8, 4) is 0 Å². The molecular weight excluding hydrogens is 344 g/mol. The molecule has 25 heavy (non-hydrogen) atoms. The zero-order valence-corrected chi connectivity index (χ0v) is 14.9. The lowest BCUT2D eigenvalue weighted by atomic mass is 10.2. The molecule has 1 aliphatic rings. The molecule has 0 aromatic carbocycles. The van der Waals surface area contributed by atoms with E-state index in [-0.39, 0.29) is 17.9 Å². The smallest absolute Gasteiger partial charge is 0.414 e. The molecule has 9 heteroatoms. The van der Waals surface area contributed by atoms with Gasteiger partial charge in [0.1, 0.15) is 5.01 Å². The Hall–Kier alpha value is -2.68. The van der Waals surface area contributed by atoms with Crippen molar-refractivity contribution in [2.45, 2.75) is 26.9 Å². The zero-order valence-electron chi connectivity index (χ0n) is 14.1. The summed E-state index contributed by atoms with van der Waals surface area (Å²) in [6.45, 7) is 6.07. The fourth-order valence-corrected chi connectivity index (χ4v) is 3.08. The molecule has 0 fully saturated rings. The summed E-state index contributed by atoms with van der Waals surface area (Å²) in [5.74, 6) is -0.460. The standard InChI is InChI=1S/C16H18N4O4S/c1-4-23-14(21)12-9-20-15(17-12)25-13(18-20)11-5-7-19(8-6-11)16(22)24-10(2)3/h5-7,9-10H,4,8H2,1-3H3. The zero-order chi connectivity index (χ0) is 18.0. The fourth-order valence-electron chi connectivity index (χ4n) is 2.18. The number of fused-ring (bicyclic) bond motifs is 1. The van der Waals surface area contributed by atoms with E-state index in [4.69, 9.17) is 9.47 Å². The molecule has 8 nitrogen and oxygen atoms in total. The number of carbonyl (C=O) groups excluding carboxylic acids is 2. The number of amides is 1. The number of esters is 1. The van der Waals surface area contributed by atoms with Gasteiger partial charge in [-0.1, -0.05) is 17.4 Å². The lowest BCUT2D eigenvalue weighted by Gasteiger charge is -2.21. The highest BCUT2D eigenvalue weighted by Gasteiger charge is 2.19. The molecule has 132 valence electrons. The molecule has 0 spiro atoms. The summed E-state index contributed by atoms with van der Waals surface area (Å²) in [5.41, 5.74) is 1.13. The van der Waals surface area contributed by atoms with E-state index in [0.29, 0.717) is 18.1 Å². The van der Waals surface area contributed by atoms with Gasteiger partial charge in [0.2, 0.25) is 4.96 Å². The maximum Gasteiger partial charge on any atom is 0.414 e. The van der Waals surface area contributed by atoms with Crippen molar-refractivity contribution in [2.24, 2.45) is 0 Å². The maximum absolute atomic E-state index is 11.9. The molecule has 0 unspecified atom stereocenters. The van der Waals surface area contributed by atoms with Crippen LogP contribution < -0.4 is 0 Å². The average molecular weight is 362 g/mol. The minimum atomic E-state index is -0.460. The number of hydrogen-bond acceptors (Lipinski definition) is 7. The first kappa shape index (κ1) is 17.2. The summed E-state index contributed by atoms with van der Waals surface area (Å²) in [7, 11) is 0. The number of allylic oxidation sites excluding steroid dienone is 2. The molecule has 0 saturated heterocycles. The third-order valence-electron chi connectivity index (χ3n) is 3.29. The Balaban J connectivity index is 1.72. The highest BCUT2D eigenvalue weighted by atomic mass is 32.1. The van der Waals surface area contributed by atoms with Gasteiger partial charge in [0.15, 0.2) is 5.69 Å². The predicted octanol–water partition coefficient (Wildman–Crippen LogP) is 2.73. The molecule has 0 bridgehead atoms. The van der Waals surface area contributed by atoms with Crippen LogP contribution in [0.1, 0.15) is 36.3 Å². The summed E-state index contributed by atoms with van der Waals surface area (Å²) in [6.07, 6.45) is 6.38. The van der Waals surface area contributed by atoms with Gasteiger partial charge in [-0.05, 0) is 26.8 Å². The summed E-state index contributed by atoms with van der Waals surface area (Å²) < 4.78 is 11.6. The Morgan fingerprint density at radius 3 is 2.80 bits per heavy atom. The van der Waals surface area contributed by atoms with E-state index >= 15 is 0 Å². The van der Waals surface area contributed by atoms with Gasteiger partial charge >= 0.3 is 12.1 Å². The quantitative estimate of drug-likeness (QED) is 0.778. The van der Waals surface area contributed by atoms with Gasteiger partial charge in [0.05, 0.1) is 18.9 Å². The predicted molar refractivity (Wildman–Crippen MR) is 92.3 cm³/mol. The topological polar surface area (TPSA) is 86.0 Å². The number of nitrogens with zero attached hydrogens (tertiary/aromatic N) is 4. The van der Waals surface area contributed by atoms with Gasteiger partial charge in [-0.15, -0.1) is 0 Å². The van der Waals surface area contributed by atoms with E-state index < -0.39 is 5.97 Å². The molecule has 1 aliphatic heterocycles. The van der Waals surface area contributed by atoms with Crippen molar-refractivity contribution in [1.82, 2.24) is 19.5 Å².